The van der Waals surface area contributed by atoms with Gasteiger partial charge < -0.3 is 4.74 Å². The minimum absolute atomic E-state index is 0.0952. The Morgan fingerprint density at radius 1 is 0.722 bits per heavy atom. The molecule has 0 aromatic heterocycles. The summed E-state index contributed by atoms with van der Waals surface area (Å²) in [5.41, 5.74) is 3.80. The molecule has 4 aromatic carbocycles. The summed E-state index contributed by atoms with van der Waals surface area (Å²) in [4.78, 5) is 12.2. The fourth-order valence-electron chi connectivity index (χ4n) is 3.81. The second kappa shape index (κ2) is 11.1. The Morgan fingerprint density at radius 3 is 1.75 bits per heavy atom. The van der Waals surface area contributed by atoms with Gasteiger partial charge in [0.2, 0.25) is 0 Å². The van der Waals surface area contributed by atoms with Crippen molar-refractivity contribution in [2.45, 2.75) is 19.3 Å². The lowest BCUT2D eigenvalue weighted by Gasteiger charge is -2.09. The Hall–Kier alpha value is -4.81. The van der Waals surface area contributed by atoms with Gasteiger partial charge in [-0.05, 0) is 72.0 Å². The van der Waals surface area contributed by atoms with Crippen LogP contribution in [0.5, 0.6) is 5.75 Å². The summed E-state index contributed by atoms with van der Waals surface area (Å²) in [6.07, 6.45) is 1.02. The highest BCUT2D eigenvalue weighted by Gasteiger charge is 2.11. The standard InChI is InChI=1S/C30H20F2N2O2/c31-28-16-20(8-14-26(28)23-9-4-21(18-33)5-10-23)2-1-3-30(35)36-25-13-15-27(29(32)17-25)24-11-6-22(19-34)7-12-24/h4-17H,1-3H2. The minimum atomic E-state index is -0.539. The predicted molar refractivity (Wildman–Crippen MR) is 132 cm³/mol. The summed E-state index contributed by atoms with van der Waals surface area (Å²) in [5, 5.41) is 17.8. The number of halogens is 2. The summed E-state index contributed by atoms with van der Waals surface area (Å²) in [6, 6.07) is 26.4. The molecule has 36 heavy (non-hydrogen) atoms. The fraction of sp³-hybridized carbons (Fsp3) is 0.100. The van der Waals surface area contributed by atoms with Crippen LogP contribution in [0.3, 0.4) is 0 Å². The fourth-order valence-corrected chi connectivity index (χ4v) is 3.81. The van der Waals surface area contributed by atoms with Gasteiger partial charge in [-0.15, -0.1) is 0 Å². The van der Waals surface area contributed by atoms with Crippen molar-refractivity contribution in [3.05, 3.63) is 113 Å². The highest BCUT2D eigenvalue weighted by atomic mass is 19.1. The molecule has 4 rings (SSSR count). The van der Waals surface area contributed by atoms with Crippen molar-refractivity contribution in [1.29, 1.82) is 10.5 Å². The topological polar surface area (TPSA) is 73.9 Å². The van der Waals surface area contributed by atoms with Crippen LogP contribution in [0.4, 0.5) is 8.78 Å². The van der Waals surface area contributed by atoms with Gasteiger partial charge in [-0.1, -0.05) is 36.4 Å². The summed E-state index contributed by atoms with van der Waals surface area (Å²) in [7, 11) is 0. The van der Waals surface area contributed by atoms with E-state index < -0.39 is 11.8 Å². The van der Waals surface area contributed by atoms with Gasteiger partial charge in [0.15, 0.2) is 0 Å². The van der Waals surface area contributed by atoms with Crippen molar-refractivity contribution < 1.29 is 18.3 Å². The Morgan fingerprint density at radius 2 is 1.25 bits per heavy atom. The normalized spacial score (nSPS) is 10.3. The van der Waals surface area contributed by atoms with Crippen molar-refractivity contribution in [3.63, 3.8) is 0 Å². The third kappa shape index (κ3) is 5.81. The van der Waals surface area contributed by atoms with Gasteiger partial charge in [0.25, 0.3) is 0 Å². The van der Waals surface area contributed by atoms with E-state index in [0.29, 0.717) is 46.2 Å². The molecule has 0 atom stereocenters. The Labute approximate surface area is 207 Å². The first-order chi connectivity index (χ1) is 17.5. The number of benzene rings is 4. The van der Waals surface area contributed by atoms with E-state index in [2.05, 4.69) is 0 Å². The lowest BCUT2D eigenvalue weighted by atomic mass is 10.00. The average molecular weight is 478 g/mol. The third-order valence-corrected chi connectivity index (χ3v) is 5.70. The first-order valence-electron chi connectivity index (χ1n) is 11.3. The summed E-state index contributed by atoms with van der Waals surface area (Å²) < 4.78 is 34.4. The van der Waals surface area contributed by atoms with Crippen LogP contribution in [-0.2, 0) is 11.2 Å². The molecule has 0 aliphatic carbocycles. The maximum atomic E-state index is 14.6. The van der Waals surface area contributed by atoms with Crippen LogP contribution in [0.15, 0.2) is 84.9 Å². The van der Waals surface area contributed by atoms with Gasteiger partial charge >= 0.3 is 5.97 Å². The molecule has 0 heterocycles. The first kappa shape index (κ1) is 24.3. The van der Waals surface area contributed by atoms with E-state index in [0.717, 1.165) is 11.6 Å². The Balaban J connectivity index is 1.31. The second-order valence-electron chi connectivity index (χ2n) is 8.16. The number of hydrogen-bond donors (Lipinski definition) is 0. The number of ether oxygens (including phenoxy) is 1. The van der Waals surface area contributed by atoms with Crippen molar-refractivity contribution in [3.8, 4) is 40.1 Å². The number of esters is 1. The van der Waals surface area contributed by atoms with Crippen LogP contribution < -0.4 is 4.74 Å². The maximum absolute atomic E-state index is 14.6. The van der Waals surface area contributed by atoms with Crippen molar-refractivity contribution >= 4 is 5.97 Å². The third-order valence-electron chi connectivity index (χ3n) is 5.70. The minimum Gasteiger partial charge on any atom is -0.426 e. The van der Waals surface area contributed by atoms with Crippen LogP contribution in [-0.4, -0.2) is 5.97 Å². The van der Waals surface area contributed by atoms with Gasteiger partial charge in [0, 0.05) is 23.6 Å². The van der Waals surface area contributed by atoms with E-state index in [-0.39, 0.29) is 18.0 Å². The highest BCUT2D eigenvalue weighted by Crippen LogP contribution is 2.27. The van der Waals surface area contributed by atoms with Crippen LogP contribution in [0.25, 0.3) is 22.3 Å². The molecule has 0 aliphatic heterocycles. The van der Waals surface area contributed by atoms with Crippen LogP contribution in [0.2, 0.25) is 0 Å². The molecular formula is C30H20F2N2O2. The molecule has 0 unspecified atom stereocenters. The molecule has 6 heteroatoms. The monoisotopic (exact) mass is 478 g/mol. The second-order valence-corrected chi connectivity index (χ2v) is 8.16. The zero-order chi connectivity index (χ0) is 25.5. The van der Waals surface area contributed by atoms with Gasteiger partial charge in [-0.2, -0.15) is 10.5 Å². The van der Waals surface area contributed by atoms with Gasteiger partial charge in [-0.3, -0.25) is 4.79 Å². The number of nitrogens with zero attached hydrogens (tertiary/aromatic N) is 2. The molecule has 0 fully saturated rings. The molecule has 0 N–H and O–H groups in total. The first-order valence-corrected chi connectivity index (χ1v) is 11.3. The average Bonchev–Trinajstić information content (AvgIpc) is 2.89. The maximum Gasteiger partial charge on any atom is 0.311 e. The number of carbonyl (C=O) groups is 1. The summed E-state index contributed by atoms with van der Waals surface area (Å²) in [6.45, 7) is 0. The molecule has 0 bridgehead atoms. The number of rotatable bonds is 7. The van der Waals surface area contributed by atoms with Crippen molar-refractivity contribution in [1.82, 2.24) is 0 Å². The van der Waals surface area contributed by atoms with Crippen LogP contribution in [0, 0.1) is 34.3 Å². The number of carbonyl (C=O) groups excluding carboxylic acids is 1. The van der Waals surface area contributed by atoms with E-state index >= 15 is 0 Å². The lowest BCUT2D eigenvalue weighted by molar-refractivity contribution is -0.134. The molecule has 176 valence electrons. The number of nitriles is 2. The predicted octanol–water partition coefficient (Wildman–Crippen LogP) is 6.97. The van der Waals surface area contributed by atoms with Crippen molar-refractivity contribution in [2.75, 3.05) is 0 Å². The zero-order valence-corrected chi connectivity index (χ0v) is 19.2. The number of aryl methyl sites for hydroxylation is 1. The Bertz CT molecular complexity index is 1480. The molecule has 0 saturated carbocycles. The van der Waals surface area contributed by atoms with Crippen molar-refractivity contribution in [2.24, 2.45) is 0 Å². The quantitative estimate of drug-likeness (QED) is 0.212. The van der Waals surface area contributed by atoms with Crippen LogP contribution >= 0.6 is 0 Å². The molecule has 0 saturated heterocycles. The molecular weight excluding hydrogens is 458 g/mol. The molecule has 0 spiro atoms. The smallest absolute Gasteiger partial charge is 0.311 e. The lowest BCUT2D eigenvalue weighted by Crippen LogP contribution is -2.08. The van der Waals surface area contributed by atoms with E-state index in [1.807, 2.05) is 12.1 Å². The summed E-state index contributed by atoms with van der Waals surface area (Å²) in [5.74, 6) is -1.32. The van der Waals surface area contributed by atoms with Gasteiger partial charge in [0.1, 0.15) is 17.4 Å². The molecule has 4 aromatic rings. The van der Waals surface area contributed by atoms with Crippen LogP contribution in [0.1, 0.15) is 29.5 Å². The van der Waals surface area contributed by atoms with E-state index in [1.165, 1.54) is 18.2 Å². The molecule has 0 aliphatic rings. The Kier molecular flexibility index (Phi) is 7.48. The molecule has 4 nitrogen and oxygen atoms in total. The van der Waals surface area contributed by atoms with E-state index in [4.69, 9.17) is 15.3 Å². The number of hydrogen-bond acceptors (Lipinski definition) is 4. The largest absolute Gasteiger partial charge is 0.426 e. The highest BCUT2D eigenvalue weighted by molar-refractivity contribution is 5.73. The van der Waals surface area contributed by atoms with Gasteiger partial charge in [-0.25, -0.2) is 8.78 Å². The van der Waals surface area contributed by atoms with E-state index in [9.17, 15) is 13.6 Å². The van der Waals surface area contributed by atoms with Gasteiger partial charge in [0.05, 0.1) is 23.3 Å². The van der Waals surface area contributed by atoms with E-state index in [1.54, 1.807) is 60.7 Å². The zero-order valence-electron chi connectivity index (χ0n) is 19.2. The summed E-state index contributed by atoms with van der Waals surface area (Å²) >= 11 is 0. The SMILES string of the molecule is N#Cc1ccc(-c2ccc(CCCC(=O)Oc3ccc(-c4ccc(C#N)cc4)c(F)c3)cc2F)cc1. The molecule has 0 amide bonds. The molecule has 0 radical (unpaired) electrons.